The third-order valence-corrected chi connectivity index (χ3v) is 3.04. The van der Waals surface area contributed by atoms with Gasteiger partial charge in [0.15, 0.2) is 5.82 Å². The van der Waals surface area contributed by atoms with Crippen LogP contribution in [-0.2, 0) is 6.54 Å². The number of hydrogen-bond acceptors (Lipinski definition) is 3. The molecule has 0 aliphatic heterocycles. The van der Waals surface area contributed by atoms with Gasteiger partial charge in [-0.1, -0.05) is 29.8 Å². The molecule has 1 unspecified atom stereocenters. The average molecular weight is 302 g/mol. The second kappa shape index (κ2) is 6.79. The predicted molar refractivity (Wildman–Crippen MR) is 75.1 cm³/mol. The zero-order chi connectivity index (χ0) is 12.8. The minimum Gasteiger partial charge on any atom is -0.355 e. The molecule has 0 spiro atoms. The van der Waals surface area contributed by atoms with E-state index in [0.29, 0.717) is 10.6 Å². The van der Waals surface area contributed by atoms with E-state index in [4.69, 9.17) is 0 Å². The lowest BCUT2D eigenvalue weighted by Crippen LogP contribution is -2.31. The quantitative estimate of drug-likeness (QED) is 0.757. The smallest absolute Gasteiger partial charge is 0.293 e. The van der Waals surface area contributed by atoms with Crippen molar-refractivity contribution in [3.05, 3.63) is 22.7 Å². The van der Waals surface area contributed by atoms with E-state index in [1.165, 1.54) is 0 Å². The topological polar surface area (TPSA) is 38.1 Å². The van der Waals surface area contributed by atoms with E-state index in [9.17, 15) is 4.79 Å². The van der Waals surface area contributed by atoms with Gasteiger partial charge in [-0.15, -0.1) is 0 Å². The van der Waals surface area contributed by atoms with Gasteiger partial charge >= 0.3 is 0 Å². The van der Waals surface area contributed by atoms with Crippen molar-refractivity contribution in [3.8, 4) is 0 Å². The number of nitrogens with zero attached hydrogens (tertiary/aromatic N) is 3. The summed E-state index contributed by atoms with van der Waals surface area (Å²) in [4.78, 5) is 18.6. The second-order valence-electron chi connectivity index (χ2n) is 4.24. The van der Waals surface area contributed by atoms with Gasteiger partial charge in [-0.2, -0.15) is 0 Å². The Kier molecular flexibility index (Phi) is 5.68. The maximum Gasteiger partial charge on any atom is 0.293 e. The Morgan fingerprint density at radius 1 is 1.59 bits per heavy atom. The largest absolute Gasteiger partial charge is 0.355 e. The zero-order valence-electron chi connectivity index (χ0n) is 10.7. The molecule has 4 nitrogen and oxygen atoms in total. The van der Waals surface area contributed by atoms with Gasteiger partial charge in [0.2, 0.25) is 0 Å². The molecule has 96 valence electrons. The first-order valence-corrected chi connectivity index (χ1v) is 6.88. The molecular formula is C12H20BrN3O. The Balaban J connectivity index is 2.83. The van der Waals surface area contributed by atoms with Crippen LogP contribution in [0.2, 0.25) is 0 Å². The van der Waals surface area contributed by atoms with E-state index in [-0.39, 0.29) is 5.56 Å². The SMILES string of the molecule is CCCn1ccnc(N(C)CCC(C)Br)c1=O. The Morgan fingerprint density at radius 3 is 2.88 bits per heavy atom. The van der Waals surface area contributed by atoms with E-state index in [2.05, 4.69) is 34.8 Å². The molecule has 1 heterocycles. The second-order valence-corrected chi connectivity index (χ2v) is 5.80. The first-order chi connectivity index (χ1) is 8.06. The number of alkyl halides is 1. The molecule has 17 heavy (non-hydrogen) atoms. The maximum atomic E-state index is 12.1. The number of anilines is 1. The summed E-state index contributed by atoms with van der Waals surface area (Å²) < 4.78 is 1.72. The van der Waals surface area contributed by atoms with Gasteiger partial charge in [0.05, 0.1) is 0 Å². The van der Waals surface area contributed by atoms with E-state index in [1.54, 1.807) is 17.0 Å². The normalized spacial score (nSPS) is 12.5. The Morgan fingerprint density at radius 2 is 2.29 bits per heavy atom. The summed E-state index contributed by atoms with van der Waals surface area (Å²) in [6.07, 6.45) is 5.38. The summed E-state index contributed by atoms with van der Waals surface area (Å²) in [6, 6.07) is 0. The molecule has 0 aromatic carbocycles. The van der Waals surface area contributed by atoms with Crippen molar-refractivity contribution in [2.75, 3.05) is 18.5 Å². The molecule has 1 atom stereocenters. The molecule has 1 aromatic heterocycles. The third-order valence-electron chi connectivity index (χ3n) is 2.58. The lowest BCUT2D eigenvalue weighted by atomic mass is 10.3. The molecule has 0 aliphatic carbocycles. The van der Waals surface area contributed by atoms with Gasteiger partial charge in [0.25, 0.3) is 5.56 Å². The molecule has 1 aromatic rings. The van der Waals surface area contributed by atoms with Gasteiger partial charge in [-0.05, 0) is 12.8 Å². The van der Waals surface area contributed by atoms with Crippen molar-refractivity contribution in [2.24, 2.45) is 0 Å². The summed E-state index contributed by atoms with van der Waals surface area (Å²) in [5.41, 5.74) is -0.000856. The highest BCUT2D eigenvalue weighted by atomic mass is 79.9. The predicted octanol–water partition coefficient (Wildman–Crippen LogP) is 2.26. The van der Waals surface area contributed by atoms with Gasteiger partial charge in [-0.25, -0.2) is 4.98 Å². The molecule has 0 bridgehead atoms. The van der Waals surface area contributed by atoms with Crippen molar-refractivity contribution in [1.82, 2.24) is 9.55 Å². The summed E-state index contributed by atoms with van der Waals surface area (Å²) in [6.45, 7) is 5.73. The lowest BCUT2D eigenvalue weighted by Gasteiger charge is -2.18. The van der Waals surface area contributed by atoms with Crippen LogP contribution in [0.3, 0.4) is 0 Å². The number of hydrogen-bond donors (Lipinski definition) is 0. The Hall–Kier alpha value is -0.840. The van der Waals surface area contributed by atoms with Crippen LogP contribution in [0.5, 0.6) is 0 Å². The fourth-order valence-corrected chi connectivity index (χ4v) is 1.80. The van der Waals surface area contributed by atoms with Crippen molar-refractivity contribution in [2.45, 2.75) is 38.1 Å². The number of aryl methyl sites for hydroxylation is 1. The van der Waals surface area contributed by atoms with Gasteiger partial charge < -0.3 is 9.47 Å². The highest BCUT2D eigenvalue weighted by Crippen LogP contribution is 2.07. The van der Waals surface area contributed by atoms with E-state index >= 15 is 0 Å². The van der Waals surface area contributed by atoms with Crippen LogP contribution in [-0.4, -0.2) is 28.0 Å². The van der Waals surface area contributed by atoms with Crippen LogP contribution >= 0.6 is 15.9 Å². The molecule has 0 aliphatic rings. The molecule has 0 amide bonds. The Labute approximate surface area is 111 Å². The first-order valence-electron chi connectivity index (χ1n) is 5.97. The number of halogens is 1. The zero-order valence-corrected chi connectivity index (χ0v) is 12.3. The summed E-state index contributed by atoms with van der Waals surface area (Å²) in [5, 5.41) is 0. The van der Waals surface area contributed by atoms with Crippen LogP contribution < -0.4 is 10.5 Å². The highest BCUT2D eigenvalue weighted by Gasteiger charge is 2.10. The molecule has 0 N–H and O–H groups in total. The third kappa shape index (κ3) is 4.15. The molecule has 1 rings (SSSR count). The van der Waals surface area contributed by atoms with Crippen molar-refractivity contribution >= 4 is 21.7 Å². The number of aromatic nitrogens is 2. The van der Waals surface area contributed by atoms with E-state index < -0.39 is 0 Å². The van der Waals surface area contributed by atoms with Crippen molar-refractivity contribution in [3.63, 3.8) is 0 Å². The minimum absolute atomic E-state index is 0.000856. The summed E-state index contributed by atoms with van der Waals surface area (Å²) in [7, 11) is 1.91. The standard InChI is InChI=1S/C12H20BrN3O/c1-4-7-16-9-6-14-11(12(16)17)15(3)8-5-10(2)13/h6,9-10H,4-5,7-8H2,1-3H3. The number of rotatable bonds is 6. The molecule has 5 heteroatoms. The molecule has 0 radical (unpaired) electrons. The van der Waals surface area contributed by atoms with Crippen LogP contribution in [0.4, 0.5) is 5.82 Å². The average Bonchev–Trinajstić information content (AvgIpc) is 2.29. The van der Waals surface area contributed by atoms with Crippen LogP contribution in [0.25, 0.3) is 0 Å². The molecule has 0 fully saturated rings. The maximum absolute atomic E-state index is 12.1. The monoisotopic (exact) mass is 301 g/mol. The molecule has 0 saturated carbocycles. The first kappa shape index (κ1) is 14.2. The summed E-state index contributed by atoms with van der Waals surface area (Å²) in [5.74, 6) is 0.536. The van der Waals surface area contributed by atoms with Crippen molar-refractivity contribution in [1.29, 1.82) is 0 Å². The lowest BCUT2D eigenvalue weighted by molar-refractivity contribution is 0.643. The minimum atomic E-state index is -0.000856. The molecular weight excluding hydrogens is 282 g/mol. The highest BCUT2D eigenvalue weighted by molar-refractivity contribution is 9.09. The fourth-order valence-electron chi connectivity index (χ4n) is 1.59. The van der Waals surface area contributed by atoms with Crippen molar-refractivity contribution < 1.29 is 0 Å². The van der Waals surface area contributed by atoms with Crippen LogP contribution in [0, 0.1) is 0 Å². The van der Waals surface area contributed by atoms with Crippen LogP contribution in [0.15, 0.2) is 17.2 Å². The fraction of sp³-hybridized carbons (Fsp3) is 0.667. The Bertz CT molecular complexity index is 403. The van der Waals surface area contributed by atoms with Gasteiger partial charge in [-0.3, -0.25) is 4.79 Å². The van der Waals surface area contributed by atoms with Crippen LogP contribution in [0.1, 0.15) is 26.7 Å². The summed E-state index contributed by atoms with van der Waals surface area (Å²) >= 11 is 3.50. The molecule has 0 saturated heterocycles. The van der Waals surface area contributed by atoms with Gasteiger partial charge in [0.1, 0.15) is 0 Å². The van der Waals surface area contributed by atoms with Gasteiger partial charge in [0, 0.05) is 37.4 Å². The van der Waals surface area contributed by atoms with E-state index in [1.807, 2.05) is 11.9 Å². The van der Waals surface area contributed by atoms with E-state index in [0.717, 1.165) is 25.9 Å².